The Labute approximate surface area is 110 Å². The summed E-state index contributed by atoms with van der Waals surface area (Å²) >= 11 is 0. The third-order valence-corrected chi connectivity index (χ3v) is 2.77. The summed E-state index contributed by atoms with van der Waals surface area (Å²) in [5.41, 5.74) is 0.903. The van der Waals surface area contributed by atoms with E-state index in [2.05, 4.69) is 19.2 Å². The SMILES string of the molecule is CCCCCOc1ccc(F)cc1CNCCC. The van der Waals surface area contributed by atoms with Crippen LogP contribution in [0.25, 0.3) is 0 Å². The first-order valence-corrected chi connectivity index (χ1v) is 6.89. The average molecular weight is 253 g/mol. The molecule has 0 aromatic heterocycles. The van der Waals surface area contributed by atoms with Gasteiger partial charge in [0.05, 0.1) is 6.61 Å². The molecule has 1 aromatic rings. The fraction of sp³-hybridized carbons (Fsp3) is 0.600. The molecule has 0 radical (unpaired) electrons. The first-order chi connectivity index (χ1) is 8.77. The molecule has 0 saturated carbocycles. The molecule has 0 unspecified atom stereocenters. The molecular formula is C15H24FNO. The number of nitrogens with one attached hydrogen (secondary N) is 1. The van der Waals surface area contributed by atoms with E-state index in [1.54, 1.807) is 12.1 Å². The minimum Gasteiger partial charge on any atom is -0.493 e. The molecule has 0 aliphatic heterocycles. The summed E-state index contributed by atoms with van der Waals surface area (Å²) in [6.07, 6.45) is 4.47. The van der Waals surface area contributed by atoms with Gasteiger partial charge in [-0.3, -0.25) is 0 Å². The standard InChI is InChI=1S/C15H24FNO/c1-3-5-6-10-18-15-8-7-14(16)11-13(15)12-17-9-4-2/h7-8,11,17H,3-6,9-10,12H2,1-2H3. The molecule has 0 fully saturated rings. The zero-order valence-electron chi connectivity index (χ0n) is 11.5. The predicted octanol–water partition coefficient (Wildman–Crippen LogP) is 3.89. The number of benzene rings is 1. The van der Waals surface area contributed by atoms with Crippen LogP contribution in [0.15, 0.2) is 18.2 Å². The summed E-state index contributed by atoms with van der Waals surface area (Å²) in [7, 11) is 0. The molecule has 3 heteroatoms. The minimum absolute atomic E-state index is 0.204. The Hall–Kier alpha value is -1.09. The van der Waals surface area contributed by atoms with E-state index in [9.17, 15) is 4.39 Å². The Morgan fingerprint density at radius 2 is 2.00 bits per heavy atom. The van der Waals surface area contributed by atoms with Gasteiger partial charge in [0.25, 0.3) is 0 Å². The summed E-state index contributed by atoms with van der Waals surface area (Å²) in [4.78, 5) is 0. The lowest BCUT2D eigenvalue weighted by atomic mass is 10.2. The second-order valence-corrected chi connectivity index (χ2v) is 4.48. The van der Waals surface area contributed by atoms with Crippen LogP contribution in [0, 0.1) is 5.82 Å². The van der Waals surface area contributed by atoms with Crippen LogP contribution in [0.2, 0.25) is 0 Å². The highest BCUT2D eigenvalue weighted by molar-refractivity contribution is 5.33. The highest BCUT2D eigenvalue weighted by atomic mass is 19.1. The Bertz CT molecular complexity index is 341. The van der Waals surface area contributed by atoms with Gasteiger partial charge >= 0.3 is 0 Å². The van der Waals surface area contributed by atoms with Gasteiger partial charge in [0.1, 0.15) is 11.6 Å². The highest BCUT2D eigenvalue weighted by Crippen LogP contribution is 2.20. The van der Waals surface area contributed by atoms with Gasteiger partial charge in [0.2, 0.25) is 0 Å². The molecule has 0 saturated heterocycles. The molecule has 0 aliphatic rings. The number of hydrogen-bond donors (Lipinski definition) is 1. The molecule has 1 N–H and O–H groups in total. The molecule has 1 rings (SSSR count). The normalized spacial score (nSPS) is 10.6. The monoisotopic (exact) mass is 253 g/mol. The van der Waals surface area contributed by atoms with Crippen molar-refractivity contribution in [2.24, 2.45) is 0 Å². The molecular weight excluding hydrogens is 229 g/mol. The summed E-state index contributed by atoms with van der Waals surface area (Å²) < 4.78 is 18.9. The van der Waals surface area contributed by atoms with Crippen molar-refractivity contribution >= 4 is 0 Å². The van der Waals surface area contributed by atoms with E-state index in [4.69, 9.17) is 4.74 Å². The van der Waals surface area contributed by atoms with Gasteiger partial charge < -0.3 is 10.1 Å². The largest absolute Gasteiger partial charge is 0.493 e. The van der Waals surface area contributed by atoms with E-state index < -0.39 is 0 Å². The van der Waals surface area contributed by atoms with Crippen LogP contribution >= 0.6 is 0 Å². The van der Waals surface area contributed by atoms with Crippen molar-refractivity contribution in [2.45, 2.75) is 46.1 Å². The van der Waals surface area contributed by atoms with Gasteiger partial charge in [-0.15, -0.1) is 0 Å². The van der Waals surface area contributed by atoms with Gasteiger partial charge in [0.15, 0.2) is 0 Å². The maximum atomic E-state index is 13.2. The fourth-order valence-corrected chi connectivity index (χ4v) is 1.76. The molecule has 0 amide bonds. The van der Waals surface area contributed by atoms with Crippen molar-refractivity contribution in [2.75, 3.05) is 13.2 Å². The van der Waals surface area contributed by atoms with Gasteiger partial charge in [-0.2, -0.15) is 0 Å². The van der Waals surface area contributed by atoms with E-state index >= 15 is 0 Å². The molecule has 0 spiro atoms. The third-order valence-electron chi connectivity index (χ3n) is 2.77. The minimum atomic E-state index is -0.204. The van der Waals surface area contributed by atoms with Crippen molar-refractivity contribution in [1.82, 2.24) is 5.32 Å². The maximum absolute atomic E-state index is 13.2. The van der Waals surface area contributed by atoms with Crippen molar-refractivity contribution in [3.63, 3.8) is 0 Å². The number of unbranched alkanes of at least 4 members (excludes halogenated alkanes) is 2. The molecule has 0 aliphatic carbocycles. The van der Waals surface area contributed by atoms with Crippen molar-refractivity contribution < 1.29 is 9.13 Å². The number of hydrogen-bond acceptors (Lipinski definition) is 2. The lowest BCUT2D eigenvalue weighted by molar-refractivity contribution is 0.302. The summed E-state index contributed by atoms with van der Waals surface area (Å²) in [5.74, 6) is 0.598. The van der Waals surface area contributed by atoms with Gasteiger partial charge in [-0.05, 0) is 37.6 Å². The topological polar surface area (TPSA) is 21.3 Å². The summed E-state index contributed by atoms with van der Waals surface area (Å²) in [5, 5.41) is 3.27. The molecule has 0 bridgehead atoms. The molecule has 0 atom stereocenters. The Morgan fingerprint density at radius 1 is 1.17 bits per heavy atom. The van der Waals surface area contributed by atoms with Crippen LogP contribution < -0.4 is 10.1 Å². The molecule has 102 valence electrons. The molecule has 0 heterocycles. The number of ether oxygens (including phenoxy) is 1. The maximum Gasteiger partial charge on any atom is 0.123 e. The summed E-state index contributed by atoms with van der Waals surface area (Å²) in [6.45, 7) is 6.58. The number of halogens is 1. The first-order valence-electron chi connectivity index (χ1n) is 6.89. The van der Waals surface area contributed by atoms with Crippen LogP contribution in [-0.4, -0.2) is 13.2 Å². The van der Waals surface area contributed by atoms with Crippen molar-refractivity contribution in [1.29, 1.82) is 0 Å². The molecule has 2 nitrogen and oxygen atoms in total. The van der Waals surface area contributed by atoms with E-state index in [-0.39, 0.29) is 5.82 Å². The van der Waals surface area contributed by atoms with Crippen molar-refractivity contribution in [3.8, 4) is 5.75 Å². The molecule has 1 aromatic carbocycles. The second-order valence-electron chi connectivity index (χ2n) is 4.48. The van der Waals surface area contributed by atoms with Gasteiger partial charge in [-0.25, -0.2) is 4.39 Å². The van der Waals surface area contributed by atoms with E-state index in [0.29, 0.717) is 13.2 Å². The molecule has 18 heavy (non-hydrogen) atoms. The zero-order chi connectivity index (χ0) is 13.2. The zero-order valence-corrected chi connectivity index (χ0v) is 11.5. The van der Waals surface area contributed by atoms with E-state index in [1.165, 1.54) is 18.9 Å². The second kappa shape index (κ2) is 8.92. The number of rotatable bonds is 9. The quantitative estimate of drug-likeness (QED) is 0.674. The smallest absolute Gasteiger partial charge is 0.123 e. The van der Waals surface area contributed by atoms with Crippen LogP contribution in [0.3, 0.4) is 0 Å². The van der Waals surface area contributed by atoms with E-state index in [0.717, 1.165) is 30.7 Å². The van der Waals surface area contributed by atoms with Gasteiger partial charge in [-0.1, -0.05) is 26.7 Å². The lowest BCUT2D eigenvalue weighted by Crippen LogP contribution is -2.15. The van der Waals surface area contributed by atoms with Crippen LogP contribution in [0.4, 0.5) is 4.39 Å². The Morgan fingerprint density at radius 3 is 2.72 bits per heavy atom. The lowest BCUT2D eigenvalue weighted by Gasteiger charge is -2.12. The third kappa shape index (κ3) is 5.50. The van der Waals surface area contributed by atoms with Crippen LogP contribution in [-0.2, 0) is 6.54 Å². The van der Waals surface area contributed by atoms with Crippen LogP contribution in [0.1, 0.15) is 45.1 Å². The Kier molecular flexibility index (Phi) is 7.42. The van der Waals surface area contributed by atoms with Gasteiger partial charge in [0, 0.05) is 12.1 Å². The summed E-state index contributed by atoms with van der Waals surface area (Å²) in [6, 6.07) is 4.74. The average Bonchev–Trinajstić information content (AvgIpc) is 2.37. The predicted molar refractivity (Wildman–Crippen MR) is 73.4 cm³/mol. The fourth-order valence-electron chi connectivity index (χ4n) is 1.76. The Balaban J connectivity index is 2.52. The first kappa shape index (κ1) is 15.0. The highest BCUT2D eigenvalue weighted by Gasteiger charge is 2.05. The van der Waals surface area contributed by atoms with Crippen LogP contribution in [0.5, 0.6) is 5.75 Å². The van der Waals surface area contributed by atoms with E-state index in [1.807, 2.05) is 0 Å². The van der Waals surface area contributed by atoms with Crippen molar-refractivity contribution in [3.05, 3.63) is 29.6 Å².